The van der Waals surface area contributed by atoms with Crippen LogP contribution in [-0.4, -0.2) is 50.8 Å². The monoisotopic (exact) mass is 482 g/mol. The molecule has 0 saturated heterocycles. The molecule has 1 aromatic carbocycles. The molecule has 6 heteroatoms. The summed E-state index contributed by atoms with van der Waals surface area (Å²) in [5.41, 5.74) is 14.1. The first kappa shape index (κ1) is 24.2. The van der Waals surface area contributed by atoms with Gasteiger partial charge in [0.15, 0.2) is 0 Å². The summed E-state index contributed by atoms with van der Waals surface area (Å²) in [5.74, 6) is -0.0536. The van der Waals surface area contributed by atoms with Crippen molar-refractivity contribution in [2.75, 3.05) is 14.1 Å². The Morgan fingerprint density at radius 1 is 1.17 bits per heavy atom. The molecule has 0 amide bonds. The number of nitrogens with two attached hydrogens (primary N) is 1. The topological polar surface area (TPSA) is 95.5 Å². The van der Waals surface area contributed by atoms with Crippen LogP contribution in [-0.2, 0) is 6.42 Å². The molecule has 36 heavy (non-hydrogen) atoms. The molecule has 5 rings (SSSR count). The van der Waals surface area contributed by atoms with Crippen molar-refractivity contribution in [3.8, 4) is 11.1 Å². The number of aryl methyl sites for hydroxylation is 1. The molecule has 2 aromatic rings. The van der Waals surface area contributed by atoms with Crippen molar-refractivity contribution in [2.24, 2.45) is 17.6 Å². The molecule has 1 aromatic heterocycles. The van der Waals surface area contributed by atoms with E-state index in [1.54, 1.807) is 0 Å². The summed E-state index contributed by atoms with van der Waals surface area (Å²) < 4.78 is 0. The molecular formula is C30H34N4O2. The highest BCUT2D eigenvalue weighted by atomic mass is 16.3. The normalized spacial score (nSPS) is 27.7. The third-order valence-corrected chi connectivity index (χ3v) is 8.49. The molecule has 3 aliphatic carbocycles. The molecule has 0 spiro atoms. The number of aliphatic hydroxyl groups is 2. The molecule has 0 radical (unpaired) electrons. The Bertz CT molecular complexity index is 1390. The molecule has 0 fully saturated rings. The van der Waals surface area contributed by atoms with Gasteiger partial charge in [0.2, 0.25) is 0 Å². The maximum absolute atomic E-state index is 12.4. The van der Waals surface area contributed by atoms with Gasteiger partial charge in [0, 0.05) is 35.1 Å². The van der Waals surface area contributed by atoms with E-state index >= 15 is 0 Å². The number of nitrogens with zero attached hydrogens (tertiary/aromatic N) is 3. The van der Waals surface area contributed by atoms with Crippen molar-refractivity contribution in [3.63, 3.8) is 0 Å². The molecule has 4 N–H and O–H groups in total. The van der Waals surface area contributed by atoms with Gasteiger partial charge in [0.05, 0.1) is 6.04 Å². The lowest BCUT2D eigenvalue weighted by Crippen LogP contribution is -2.58. The van der Waals surface area contributed by atoms with Gasteiger partial charge < -0.3 is 15.9 Å². The van der Waals surface area contributed by atoms with Crippen molar-refractivity contribution in [3.05, 3.63) is 101 Å². The smallest absolute Gasteiger partial charge is 0.119 e. The fraction of sp³-hybridized carbons (Fsp3) is 0.333. The largest absolute Gasteiger partial charge is 0.510 e. The zero-order valence-corrected chi connectivity index (χ0v) is 21.5. The first-order valence-electron chi connectivity index (χ1n) is 12.2. The highest BCUT2D eigenvalue weighted by molar-refractivity contribution is 5.89. The van der Waals surface area contributed by atoms with E-state index in [0.29, 0.717) is 17.6 Å². The summed E-state index contributed by atoms with van der Waals surface area (Å²) in [5, 5.41) is 23.7. The second-order valence-electron chi connectivity index (χ2n) is 10.6. The van der Waals surface area contributed by atoms with Crippen LogP contribution in [0.4, 0.5) is 0 Å². The average molecular weight is 483 g/mol. The first-order valence-corrected chi connectivity index (χ1v) is 12.2. The van der Waals surface area contributed by atoms with E-state index in [4.69, 9.17) is 5.73 Å². The number of allylic oxidation sites excluding steroid dienone is 3. The fourth-order valence-corrected chi connectivity index (χ4v) is 6.98. The van der Waals surface area contributed by atoms with Gasteiger partial charge in [-0.3, -0.25) is 4.90 Å². The molecule has 0 saturated carbocycles. The third-order valence-electron chi connectivity index (χ3n) is 8.49. The summed E-state index contributed by atoms with van der Waals surface area (Å²) in [7, 11) is 3.82. The Kier molecular flexibility index (Phi) is 5.58. The maximum Gasteiger partial charge on any atom is 0.119 e. The molecule has 186 valence electrons. The number of rotatable bonds is 3. The lowest BCUT2D eigenvalue weighted by Gasteiger charge is -2.54. The number of benzene rings is 1. The Hall–Kier alpha value is -3.48. The minimum Gasteiger partial charge on any atom is -0.510 e. The molecule has 1 heterocycles. The van der Waals surface area contributed by atoms with E-state index in [1.165, 1.54) is 11.9 Å². The van der Waals surface area contributed by atoms with Crippen molar-refractivity contribution in [1.82, 2.24) is 14.9 Å². The van der Waals surface area contributed by atoms with Crippen LogP contribution in [0.1, 0.15) is 30.0 Å². The summed E-state index contributed by atoms with van der Waals surface area (Å²) >= 11 is 0. The number of hydrogen-bond donors (Lipinski definition) is 3. The van der Waals surface area contributed by atoms with Gasteiger partial charge in [-0.15, -0.1) is 0 Å². The second-order valence-corrected chi connectivity index (χ2v) is 10.6. The lowest BCUT2D eigenvalue weighted by molar-refractivity contribution is -0.0178. The minimum atomic E-state index is -1.37. The highest BCUT2D eigenvalue weighted by Gasteiger charge is 2.57. The Labute approximate surface area is 212 Å². The van der Waals surface area contributed by atoms with Crippen LogP contribution in [0.5, 0.6) is 0 Å². The number of likely N-dealkylation sites (N-methyl/N-ethyl adjacent to an activating group) is 1. The highest BCUT2D eigenvalue weighted by Crippen LogP contribution is 2.58. The van der Waals surface area contributed by atoms with Crippen molar-refractivity contribution in [1.29, 1.82) is 0 Å². The molecule has 0 aliphatic heterocycles. The summed E-state index contributed by atoms with van der Waals surface area (Å²) in [6.07, 6.45) is 6.68. The predicted octanol–water partition coefficient (Wildman–Crippen LogP) is 4.49. The van der Waals surface area contributed by atoms with E-state index in [9.17, 15) is 10.2 Å². The van der Waals surface area contributed by atoms with Gasteiger partial charge in [-0.25, -0.2) is 9.97 Å². The lowest BCUT2D eigenvalue weighted by atomic mass is 9.55. The summed E-state index contributed by atoms with van der Waals surface area (Å²) in [6.45, 7) is 16.7. The van der Waals surface area contributed by atoms with Gasteiger partial charge in [0.25, 0.3) is 0 Å². The summed E-state index contributed by atoms with van der Waals surface area (Å²) in [6, 6.07) is 3.82. The van der Waals surface area contributed by atoms with E-state index in [1.807, 2.05) is 38.3 Å². The van der Waals surface area contributed by atoms with E-state index < -0.39 is 11.6 Å². The zero-order chi connectivity index (χ0) is 26.1. The van der Waals surface area contributed by atoms with E-state index in [2.05, 4.69) is 48.8 Å². The SMILES string of the molecule is C=C(N)C1=C(O)[C@@H](N(C)C)[C@@H]2C[C@@H]3Cc4c(-c5cncnc5)ccc(C)c4C(=C)C3=C(C)[C@]2(O)C1=C. The second kappa shape index (κ2) is 8.29. The molecule has 0 unspecified atom stereocenters. The van der Waals surface area contributed by atoms with Crippen LogP contribution < -0.4 is 5.73 Å². The average Bonchev–Trinajstić information content (AvgIpc) is 2.81. The van der Waals surface area contributed by atoms with Gasteiger partial charge in [-0.05, 0) is 91.2 Å². The number of aliphatic hydroxyl groups excluding tert-OH is 1. The molecule has 6 nitrogen and oxygen atoms in total. The van der Waals surface area contributed by atoms with Crippen LogP contribution in [0.15, 0.2) is 84.3 Å². The van der Waals surface area contributed by atoms with Crippen LogP contribution in [0.3, 0.4) is 0 Å². The summed E-state index contributed by atoms with van der Waals surface area (Å²) in [4.78, 5) is 10.4. The maximum atomic E-state index is 12.4. The van der Waals surface area contributed by atoms with Gasteiger partial charge in [-0.2, -0.15) is 0 Å². The Morgan fingerprint density at radius 3 is 2.44 bits per heavy atom. The molecule has 0 bridgehead atoms. The van der Waals surface area contributed by atoms with Crippen LogP contribution >= 0.6 is 0 Å². The van der Waals surface area contributed by atoms with E-state index in [0.717, 1.165) is 45.4 Å². The van der Waals surface area contributed by atoms with Gasteiger partial charge >= 0.3 is 0 Å². The zero-order valence-electron chi connectivity index (χ0n) is 21.5. The van der Waals surface area contributed by atoms with Crippen LogP contribution in [0.25, 0.3) is 16.7 Å². The number of hydrogen-bond acceptors (Lipinski definition) is 6. The van der Waals surface area contributed by atoms with Crippen LogP contribution in [0.2, 0.25) is 0 Å². The van der Waals surface area contributed by atoms with Gasteiger partial charge in [0.1, 0.15) is 17.7 Å². The van der Waals surface area contributed by atoms with Crippen molar-refractivity contribution in [2.45, 2.75) is 38.3 Å². The number of fused-ring (bicyclic) bond motifs is 3. The van der Waals surface area contributed by atoms with Crippen molar-refractivity contribution >= 4 is 5.57 Å². The Balaban J connectivity index is 1.73. The Morgan fingerprint density at radius 2 is 1.83 bits per heavy atom. The predicted molar refractivity (Wildman–Crippen MR) is 144 cm³/mol. The minimum absolute atomic E-state index is 0.122. The molecule has 4 atom stereocenters. The van der Waals surface area contributed by atoms with Crippen LogP contribution in [0, 0.1) is 18.8 Å². The first-order chi connectivity index (χ1) is 17.0. The van der Waals surface area contributed by atoms with Crippen molar-refractivity contribution < 1.29 is 10.2 Å². The standard InChI is InChI=1S/C30H34N4O2/c1-15-8-9-22(21-12-32-14-33-13-21)23-10-20-11-24-28(34(6)7)29(35)27(19(5)31)18(4)30(24,36)17(3)26(20)16(2)25(15)23/h8-9,12-14,20,24,28,35-36H,2,4-5,10-11,31H2,1,3,6-7H3/t20-,24-,28-,30-/m0/s1. The molecule has 3 aliphatic rings. The molecular weight excluding hydrogens is 448 g/mol. The van der Waals surface area contributed by atoms with Gasteiger partial charge in [-0.1, -0.05) is 31.9 Å². The number of aromatic nitrogens is 2. The van der Waals surface area contributed by atoms with E-state index in [-0.39, 0.29) is 23.3 Å². The third kappa shape index (κ3) is 3.18. The fourth-order valence-electron chi connectivity index (χ4n) is 6.98. The quantitative estimate of drug-likeness (QED) is 0.597.